The van der Waals surface area contributed by atoms with Gasteiger partial charge in [-0.05, 0) is 60.0 Å². The Labute approximate surface area is 158 Å². The number of aliphatic hydroxyl groups is 1. The van der Waals surface area contributed by atoms with Crippen LogP contribution in [0.2, 0.25) is 0 Å². The van der Waals surface area contributed by atoms with E-state index in [4.69, 9.17) is 0 Å². The third-order valence-electron chi connectivity index (χ3n) is 9.55. The molecule has 0 spiro atoms. The van der Waals surface area contributed by atoms with Crippen LogP contribution in [0.1, 0.15) is 18.4 Å². The van der Waals surface area contributed by atoms with Crippen molar-refractivity contribution in [1.29, 1.82) is 0 Å². The summed E-state index contributed by atoms with van der Waals surface area (Å²) >= 11 is 0. The monoisotopic (exact) mass is 364 g/mol. The number of carbonyl (C=O) groups is 2. The molecule has 0 atom stereocenters. The van der Waals surface area contributed by atoms with E-state index in [9.17, 15) is 14.7 Å². The highest BCUT2D eigenvalue weighted by molar-refractivity contribution is 5.95. The molecule has 0 unspecified atom stereocenters. The Balaban J connectivity index is 0.929. The van der Waals surface area contributed by atoms with Gasteiger partial charge in [-0.15, -0.1) is 0 Å². The predicted molar refractivity (Wildman–Crippen MR) is 97.6 cm³/mol. The highest BCUT2D eigenvalue weighted by atomic mass is 16.3. The number of rotatable bonds is 6. The molecule has 27 heavy (non-hydrogen) atoms. The SMILES string of the molecule is O=C(CCCNC(=O)C12C3C4C1C1C2C3C41CO)N1CCc2ccccc21. The van der Waals surface area contributed by atoms with Gasteiger partial charge in [0.25, 0.3) is 0 Å². The van der Waals surface area contributed by atoms with Crippen molar-refractivity contribution in [2.24, 2.45) is 46.3 Å². The highest BCUT2D eigenvalue weighted by Gasteiger charge is 3.11. The van der Waals surface area contributed by atoms with Crippen molar-refractivity contribution >= 4 is 17.5 Å². The second kappa shape index (κ2) is 4.40. The molecule has 6 aliphatic carbocycles. The number of hydrogen-bond donors (Lipinski definition) is 2. The Morgan fingerprint density at radius 1 is 1.11 bits per heavy atom. The molecule has 140 valence electrons. The van der Waals surface area contributed by atoms with Crippen molar-refractivity contribution < 1.29 is 14.7 Å². The van der Waals surface area contributed by atoms with Crippen LogP contribution in [0.25, 0.3) is 0 Å². The van der Waals surface area contributed by atoms with E-state index in [0.29, 0.717) is 61.5 Å². The number of fused-ring (bicyclic) bond motifs is 1. The Bertz CT molecular complexity index is 855. The van der Waals surface area contributed by atoms with Crippen molar-refractivity contribution in [3.05, 3.63) is 29.8 Å². The minimum atomic E-state index is -0.0468. The fourth-order valence-corrected chi connectivity index (χ4v) is 8.85. The number of carbonyl (C=O) groups excluding carboxylic acids is 2. The van der Waals surface area contributed by atoms with E-state index < -0.39 is 0 Å². The van der Waals surface area contributed by atoms with Crippen molar-refractivity contribution in [2.75, 3.05) is 24.6 Å². The molecule has 1 aromatic rings. The zero-order chi connectivity index (χ0) is 18.1. The van der Waals surface area contributed by atoms with Gasteiger partial charge in [0.15, 0.2) is 0 Å². The van der Waals surface area contributed by atoms with Gasteiger partial charge in [-0.3, -0.25) is 9.59 Å². The second-order valence-electron chi connectivity index (χ2n) is 9.64. The largest absolute Gasteiger partial charge is 0.396 e. The van der Waals surface area contributed by atoms with Gasteiger partial charge in [-0.2, -0.15) is 0 Å². The number of para-hydroxylation sites is 1. The van der Waals surface area contributed by atoms with Crippen LogP contribution in [0.3, 0.4) is 0 Å². The molecule has 8 rings (SSSR count). The van der Waals surface area contributed by atoms with Gasteiger partial charge in [-0.1, -0.05) is 18.2 Å². The number of nitrogens with one attached hydrogen (secondary N) is 1. The van der Waals surface area contributed by atoms with Crippen LogP contribution >= 0.6 is 0 Å². The Morgan fingerprint density at radius 3 is 2.52 bits per heavy atom. The molecule has 2 amide bonds. The minimum Gasteiger partial charge on any atom is -0.396 e. The summed E-state index contributed by atoms with van der Waals surface area (Å²) in [6.07, 6.45) is 2.12. The lowest BCUT2D eigenvalue weighted by Gasteiger charge is -3.10. The number of anilines is 1. The van der Waals surface area contributed by atoms with E-state index in [-0.39, 0.29) is 22.6 Å². The van der Waals surface area contributed by atoms with Gasteiger partial charge < -0.3 is 15.3 Å². The fourth-order valence-electron chi connectivity index (χ4n) is 8.85. The van der Waals surface area contributed by atoms with Crippen molar-refractivity contribution in [3.63, 3.8) is 0 Å². The smallest absolute Gasteiger partial charge is 0.227 e. The maximum Gasteiger partial charge on any atom is 0.227 e. The normalized spacial score (nSPS) is 47.5. The summed E-state index contributed by atoms with van der Waals surface area (Å²) in [4.78, 5) is 27.3. The van der Waals surface area contributed by atoms with Gasteiger partial charge in [0.05, 0.1) is 5.41 Å². The molecular formula is C22H24N2O3. The summed E-state index contributed by atoms with van der Waals surface area (Å²) in [5.74, 6) is 4.11. The molecular weight excluding hydrogens is 340 g/mol. The molecule has 1 aromatic carbocycles. The molecule has 0 bridgehead atoms. The summed E-state index contributed by atoms with van der Waals surface area (Å²) in [5.41, 5.74) is 2.52. The molecule has 1 aliphatic heterocycles. The van der Waals surface area contributed by atoms with E-state index in [1.165, 1.54) is 5.56 Å². The number of amides is 2. The van der Waals surface area contributed by atoms with Gasteiger partial charge in [0.2, 0.25) is 11.8 Å². The summed E-state index contributed by atoms with van der Waals surface area (Å²) in [6.45, 7) is 1.71. The molecule has 6 saturated carbocycles. The van der Waals surface area contributed by atoms with Crippen LogP contribution in [0, 0.1) is 46.3 Å². The summed E-state index contributed by atoms with van der Waals surface area (Å²) in [5, 5.41) is 12.8. The first-order valence-corrected chi connectivity index (χ1v) is 10.5. The molecule has 0 aromatic heterocycles. The van der Waals surface area contributed by atoms with E-state index in [1.54, 1.807) is 0 Å². The fraction of sp³-hybridized carbons (Fsp3) is 0.636. The van der Waals surface area contributed by atoms with Crippen LogP contribution in [-0.2, 0) is 16.0 Å². The summed E-state index contributed by atoms with van der Waals surface area (Å²) in [7, 11) is 0. The molecule has 5 heteroatoms. The first-order chi connectivity index (χ1) is 13.2. The lowest BCUT2D eigenvalue weighted by atomic mass is 8.92. The zero-order valence-corrected chi connectivity index (χ0v) is 15.2. The Morgan fingerprint density at radius 2 is 1.81 bits per heavy atom. The number of aliphatic hydroxyl groups excluding tert-OH is 1. The van der Waals surface area contributed by atoms with Crippen LogP contribution in [0.15, 0.2) is 24.3 Å². The van der Waals surface area contributed by atoms with Gasteiger partial charge >= 0.3 is 0 Å². The van der Waals surface area contributed by atoms with Crippen molar-refractivity contribution in [3.8, 4) is 0 Å². The number of hydrogen-bond acceptors (Lipinski definition) is 3. The first-order valence-electron chi connectivity index (χ1n) is 10.5. The molecule has 7 aliphatic rings. The minimum absolute atomic E-state index is 0.0468. The number of benzene rings is 1. The third kappa shape index (κ3) is 1.23. The van der Waals surface area contributed by atoms with Crippen LogP contribution in [0.5, 0.6) is 0 Å². The molecule has 2 N–H and O–H groups in total. The van der Waals surface area contributed by atoms with E-state index in [2.05, 4.69) is 11.4 Å². The average molecular weight is 364 g/mol. The summed E-state index contributed by atoms with van der Waals surface area (Å²) in [6, 6.07) is 8.12. The molecule has 1 heterocycles. The highest BCUT2D eigenvalue weighted by Crippen LogP contribution is 3.10. The second-order valence-corrected chi connectivity index (χ2v) is 9.64. The predicted octanol–water partition coefficient (Wildman–Crippen LogP) is 1.20. The topological polar surface area (TPSA) is 69.6 Å². The quantitative estimate of drug-likeness (QED) is 0.746. The van der Waals surface area contributed by atoms with E-state index in [0.717, 1.165) is 18.7 Å². The van der Waals surface area contributed by atoms with E-state index >= 15 is 0 Å². The maximum absolute atomic E-state index is 12.8. The van der Waals surface area contributed by atoms with Crippen molar-refractivity contribution in [1.82, 2.24) is 5.32 Å². The Kier molecular flexibility index (Phi) is 2.46. The maximum atomic E-state index is 12.8. The Hall–Kier alpha value is -1.88. The lowest BCUT2D eigenvalue weighted by Crippen LogP contribution is -3.11. The standard InChI is InChI=1S/C22H24N2O3/c25-10-21-14-17-15(21)19-16(21)18(14)22(17,19)20(27)23-8-3-6-13(26)24-9-7-11-4-1-2-5-12(11)24/h1-2,4-5,14-19,25H,3,6-10H2,(H,23,27). The summed E-state index contributed by atoms with van der Waals surface area (Å²) < 4.78 is 0. The molecule has 0 saturated heterocycles. The van der Waals surface area contributed by atoms with Crippen molar-refractivity contribution in [2.45, 2.75) is 19.3 Å². The van der Waals surface area contributed by atoms with Gasteiger partial charge in [-0.25, -0.2) is 0 Å². The number of nitrogens with zero attached hydrogens (tertiary/aromatic N) is 1. The average Bonchev–Trinajstić information content (AvgIpc) is 3.14. The van der Waals surface area contributed by atoms with Crippen LogP contribution in [-0.4, -0.2) is 36.6 Å². The third-order valence-corrected chi connectivity index (χ3v) is 9.55. The molecule has 0 radical (unpaired) electrons. The first kappa shape index (κ1) is 15.1. The van der Waals surface area contributed by atoms with Gasteiger partial charge in [0, 0.05) is 37.2 Å². The molecule has 6 fully saturated rings. The lowest BCUT2D eigenvalue weighted by molar-refractivity contribution is -0.644. The molecule has 5 nitrogen and oxygen atoms in total. The van der Waals surface area contributed by atoms with E-state index in [1.807, 2.05) is 23.1 Å². The zero-order valence-electron chi connectivity index (χ0n) is 15.2. The van der Waals surface area contributed by atoms with Crippen LogP contribution in [0.4, 0.5) is 5.69 Å². The van der Waals surface area contributed by atoms with Gasteiger partial charge in [0.1, 0.15) is 0 Å². The van der Waals surface area contributed by atoms with Crippen LogP contribution < -0.4 is 10.2 Å².